The minimum Gasteiger partial charge on any atom is -0.508 e. The molecule has 0 aliphatic carbocycles. The first-order chi connectivity index (χ1) is 21.0. The van der Waals surface area contributed by atoms with Gasteiger partial charge in [0.2, 0.25) is 0 Å². The fraction of sp³-hybridized carbons (Fsp3) is 0.500. The standard InChI is InChI=1S/C30H38O14/c1-15-23(35)24(36)25(37)30(41-15)44-28-26(38)29(40-12-11-17-5-9-20(39-2)19(33)13-17)42-21(14-31)27(28)43-22(34)10-6-16-3-7-18(32)8-4-16/h3-10,13,15,21,23-33,35-38H,11-12,14H2,1-2H3/t15-,21+,23+,24-,25-,26+,27-,28+,29-,30-/m1/s1. The van der Waals surface area contributed by atoms with Crippen LogP contribution in [0.25, 0.3) is 6.08 Å². The van der Waals surface area contributed by atoms with Crippen molar-refractivity contribution in [2.75, 3.05) is 20.3 Å². The Labute approximate surface area is 253 Å². The number of phenolic OH excluding ortho intramolecular Hbond substituents is 2. The molecule has 4 rings (SSSR count). The van der Waals surface area contributed by atoms with Gasteiger partial charge in [0.15, 0.2) is 30.2 Å². The van der Waals surface area contributed by atoms with E-state index in [0.29, 0.717) is 16.9 Å². The largest absolute Gasteiger partial charge is 0.508 e. The second-order valence-electron chi connectivity index (χ2n) is 10.5. The van der Waals surface area contributed by atoms with Crippen molar-refractivity contribution in [1.82, 2.24) is 0 Å². The molecule has 0 bridgehead atoms. The highest BCUT2D eigenvalue weighted by atomic mass is 16.7. The third-order valence-corrected chi connectivity index (χ3v) is 7.37. The summed E-state index contributed by atoms with van der Waals surface area (Å²) in [5, 5.41) is 71.8. The number of aliphatic hydroxyl groups excluding tert-OH is 5. The normalized spacial score (nSPS) is 32.4. The molecule has 0 radical (unpaired) electrons. The van der Waals surface area contributed by atoms with Gasteiger partial charge in [-0.2, -0.15) is 0 Å². The minimum absolute atomic E-state index is 0.0112. The summed E-state index contributed by atoms with van der Waals surface area (Å²) < 4.78 is 33.5. The summed E-state index contributed by atoms with van der Waals surface area (Å²) in [5.41, 5.74) is 1.26. The van der Waals surface area contributed by atoms with Crippen molar-refractivity contribution in [3.05, 3.63) is 59.7 Å². The van der Waals surface area contributed by atoms with E-state index in [4.69, 9.17) is 28.4 Å². The molecule has 0 amide bonds. The van der Waals surface area contributed by atoms with Crippen LogP contribution in [0.3, 0.4) is 0 Å². The lowest BCUT2D eigenvalue weighted by Gasteiger charge is -2.46. The number of carbonyl (C=O) groups is 1. The number of methoxy groups -OCH3 is 1. The first kappa shape index (κ1) is 33.6. The monoisotopic (exact) mass is 622 g/mol. The van der Waals surface area contributed by atoms with Gasteiger partial charge in [0, 0.05) is 6.08 Å². The quantitative estimate of drug-likeness (QED) is 0.125. The molecule has 2 fully saturated rings. The molecule has 2 heterocycles. The van der Waals surface area contributed by atoms with Gasteiger partial charge in [-0.05, 0) is 54.8 Å². The van der Waals surface area contributed by atoms with Gasteiger partial charge in [-0.25, -0.2) is 4.79 Å². The first-order valence-electron chi connectivity index (χ1n) is 14.0. The van der Waals surface area contributed by atoms with Gasteiger partial charge in [-0.1, -0.05) is 18.2 Å². The fourth-order valence-corrected chi connectivity index (χ4v) is 4.86. The number of esters is 1. The van der Waals surface area contributed by atoms with Crippen LogP contribution < -0.4 is 4.74 Å². The Hall–Kier alpha value is -3.31. The van der Waals surface area contributed by atoms with E-state index in [-0.39, 0.29) is 24.5 Å². The summed E-state index contributed by atoms with van der Waals surface area (Å²) in [6.45, 7) is 0.745. The van der Waals surface area contributed by atoms with E-state index in [0.717, 1.165) is 6.08 Å². The van der Waals surface area contributed by atoms with Crippen LogP contribution in [0.4, 0.5) is 0 Å². The third-order valence-electron chi connectivity index (χ3n) is 7.37. The van der Waals surface area contributed by atoms with E-state index < -0.39 is 74.0 Å². The average Bonchev–Trinajstić information content (AvgIpc) is 3.01. The van der Waals surface area contributed by atoms with Crippen LogP contribution in [0.15, 0.2) is 48.5 Å². The number of hydrogen-bond donors (Lipinski definition) is 7. The number of rotatable bonds is 11. The summed E-state index contributed by atoms with van der Waals surface area (Å²) in [7, 11) is 1.42. The van der Waals surface area contributed by atoms with E-state index in [1.807, 2.05) is 0 Å². The third kappa shape index (κ3) is 8.04. The Bertz CT molecular complexity index is 1250. The summed E-state index contributed by atoms with van der Waals surface area (Å²) in [5.74, 6) is -0.617. The van der Waals surface area contributed by atoms with Crippen molar-refractivity contribution >= 4 is 12.0 Å². The lowest BCUT2D eigenvalue weighted by atomic mass is 9.97. The summed E-state index contributed by atoms with van der Waals surface area (Å²) in [6, 6.07) is 10.8. The van der Waals surface area contributed by atoms with Crippen molar-refractivity contribution in [2.45, 2.75) is 74.8 Å². The smallest absolute Gasteiger partial charge is 0.331 e. The summed E-state index contributed by atoms with van der Waals surface area (Å²) in [6.07, 6.45) is -11.8. The van der Waals surface area contributed by atoms with Gasteiger partial charge < -0.3 is 64.2 Å². The highest BCUT2D eigenvalue weighted by Crippen LogP contribution is 2.32. The van der Waals surface area contributed by atoms with Crippen molar-refractivity contribution in [3.63, 3.8) is 0 Å². The Morgan fingerprint density at radius 2 is 1.64 bits per heavy atom. The van der Waals surface area contributed by atoms with Crippen molar-refractivity contribution < 1.29 is 69.0 Å². The molecule has 242 valence electrons. The second-order valence-corrected chi connectivity index (χ2v) is 10.5. The number of ether oxygens (including phenoxy) is 6. The number of phenols is 2. The summed E-state index contributed by atoms with van der Waals surface area (Å²) >= 11 is 0. The van der Waals surface area contributed by atoms with Gasteiger partial charge in [0.1, 0.15) is 42.4 Å². The Balaban J connectivity index is 1.51. The van der Waals surface area contributed by atoms with Gasteiger partial charge in [-0.15, -0.1) is 0 Å². The molecule has 14 nitrogen and oxygen atoms in total. The molecule has 2 aliphatic rings. The van der Waals surface area contributed by atoms with Gasteiger partial charge in [0.05, 0.1) is 26.4 Å². The molecule has 2 aliphatic heterocycles. The SMILES string of the molecule is COc1ccc(CCO[C@@H]2O[C@@H](CO)[C@@H](OC(=O)C=Cc3ccc(O)cc3)[C@@H](O[C@H]3O[C@H](C)[C@H](O)[C@@H](O)[C@H]3O)[C@@H]2O)cc1O. The maximum absolute atomic E-state index is 12.8. The molecule has 2 aromatic rings. The van der Waals surface area contributed by atoms with E-state index in [1.54, 1.807) is 24.3 Å². The topological polar surface area (TPSA) is 214 Å². The lowest BCUT2D eigenvalue weighted by Crippen LogP contribution is -2.65. The summed E-state index contributed by atoms with van der Waals surface area (Å²) in [4.78, 5) is 12.8. The predicted molar refractivity (Wildman–Crippen MR) is 150 cm³/mol. The molecule has 10 atom stereocenters. The van der Waals surface area contributed by atoms with E-state index >= 15 is 0 Å². The van der Waals surface area contributed by atoms with Crippen LogP contribution in [-0.2, 0) is 34.9 Å². The molecule has 0 aromatic heterocycles. The van der Waals surface area contributed by atoms with Crippen LogP contribution in [-0.4, -0.2) is 123 Å². The number of aromatic hydroxyl groups is 2. The van der Waals surface area contributed by atoms with Gasteiger partial charge in [0.25, 0.3) is 0 Å². The highest BCUT2D eigenvalue weighted by molar-refractivity contribution is 5.87. The molecule has 0 saturated carbocycles. The first-order valence-corrected chi connectivity index (χ1v) is 14.0. The van der Waals surface area contributed by atoms with E-state index in [1.165, 1.54) is 38.3 Å². The predicted octanol–water partition coefficient (Wildman–Crippen LogP) is -0.419. The van der Waals surface area contributed by atoms with Crippen LogP contribution in [0.5, 0.6) is 17.2 Å². The van der Waals surface area contributed by atoms with Gasteiger partial charge >= 0.3 is 5.97 Å². The molecule has 14 heteroatoms. The molecule has 2 aromatic carbocycles. The number of hydrogen-bond acceptors (Lipinski definition) is 14. The van der Waals surface area contributed by atoms with Gasteiger partial charge in [-0.3, -0.25) is 0 Å². The maximum Gasteiger partial charge on any atom is 0.331 e. The molecule has 0 spiro atoms. The Morgan fingerprint density at radius 3 is 2.30 bits per heavy atom. The zero-order valence-corrected chi connectivity index (χ0v) is 24.1. The van der Waals surface area contributed by atoms with E-state index in [9.17, 15) is 40.5 Å². The van der Waals surface area contributed by atoms with Crippen molar-refractivity contribution in [2.24, 2.45) is 0 Å². The fourth-order valence-electron chi connectivity index (χ4n) is 4.86. The Kier molecular flexibility index (Phi) is 11.5. The molecular weight excluding hydrogens is 584 g/mol. The molecular formula is C30H38O14. The lowest BCUT2D eigenvalue weighted by molar-refractivity contribution is -0.357. The van der Waals surface area contributed by atoms with E-state index in [2.05, 4.69) is 0 Å². The van der Waals surface area contributed by atoms with Crippen LogP contribution in [0.2, 0.25) is 0 Å². The van der Waals surface area contributed by atoms with Crippen LogP contribution >= 0.6 is 0 Å². The van der Waals surface area contributed by atoms with Crippen LogP contribution in [0, 0.1) is 0 Å². The number of benzene rings is 2. The number of aliphatic hydroxyl groups is 5. The maximum atomic E-state index is 12.8. The van der Waals surface area contributed by atoms with Crippen molar-refractivity contribution in [1.29, 1.82) is 0 Å². The molecule has 0 unspecified atom stereocenters. The molecule has 2 saturated heterocycles. The van der Waals surface area contributed by atoms with Crippen molar-refractivity contribution in [3.8, 4) is 17.2 Å². The average molecular weight is 623 g/mol. The molecule has 44 heavy (non-hydrogen) atoms. The zero-order valence-electron chi connectivity index (χ0n) is 24.1. The van der Waals surface area contributed by atoms with Crippen LogP contribution in [0.1, 0.15) is 18.1 Å². The molecule has 7 N–H and O–H groups in total. The second kappa shape index (κ2) is 15.1. The highest BCUT2D eigenvalue weighted by Gasteiger charge is 2.52. The number of carbonyl (C=O) groups excluding carboxylic acids is 1. The minimum atomic E-state index is -1.74. The zero-order chi connectivity index (χ0) is 32.0. The Morgan fingerprint density at radius 1 is 0.909 bits per heavy atom.